The predicted octanol–water partition coefficient (Wildman–Crippen LogP) is 3.11. The summed E-state index contributed by atoms with van der Waals surface area (Å²) >= 11 is 0. The number of hydrogen-bond donors (Lipinski definition) is 1. The van der Waals surface area contributed by atoms with Crippen LogP contribution >= 0.6 is 0 Å². The third-order valence-corrected chi connectivity index (χ3v) is 2.18. The molecule has 2 rings (SSSR count). The van der Waals surface area contributed by atoms with E-state index in [0.29, 0.717) is 12.1 Å². The lowest BCUT2D eigenvalue weighted by molar-refractivity contribution is 0.549. The highest BCUT2D eigenvalue weighted by atomic mass is 19.1. The van der Waals surface area contributed by atoms with Gasteiger partial charge >= 0.3 is 0 Å². The van der Waals surface area contributed by atoms with Crippen molar-refractivity contribution in [3.8, 4) is 6.07 Å². The summed E-state index contributed by atoms with van der Waals surface area (Å²) in [7, 11) is 0. The van der Waals surface area contributed by atoms with Crippen LogP contribution in [0.15, 0.2) is 30.5 Å². The molecule has 3 nitrogen and oxygen atoms in total. The second-order valence-corrected chi connectivity index (χ2v) is 3.38. The molecule has 0 saturated heterocycles. The Kier molecular flexibility index (Phi) is 3.15. The fourth-order valence-corrected chi connectivity index (χ4v) is 1.38. The average molecular weight is 249 g/mol. The Bertz CT molecular complexity index is 612. The van der Waals surface area contributed by atoms with Crippen molar-refractivity contribution in [2.45, 2.75) is 0 Å². The molecular formula is C12H6F3N3. The van der Waals surface area contributed by atoms with E-state index in [2.05, 4.69) is 10.3 Å². The van der Waals surface area contributed by atoms with Gasteiger partial charge in [0.1, 0.15) is 23.4 Å². The molecule has 0 fully saturated rings. The molecule has 0 unspecified atom stereocenters. The lowest BCUT2D eigenvalue weighted by atomic mass is 10.2. The van der Waals surface area contributed by atoms with Crippen LogP contribution in [0.5, 0.6) is 0 Å². The maximum atomic E-state index is 13.4. The van der Waals surface area contributed by atoms with E-state index < -0.39 is 23.1 Å². The van der Waals surface area contributed by atoms with Gasteiger partial charge < -0.3 is 5.32 Å². The first-order valence-corrected chi connectivity index (χ1v) is 4.88. The molecular weight excluding hydrogens is 243 g/mol. The van der Waals surface area contributed by atoms with E-state index in [9.17, 15) is 13.2 Å². The number of rotatable bonds is 2. The maximum Gasteiger partial charge on any atom is 0.152 e. The number of nitrogens with one attached hydrogen (secondary N) is 1. The number of nitrogens with zero attached hydrogens (tertiary/aromatic N) is 2. The van der Waals surface area contributed by atoms with Crippen LogP contribution in [-0.2, 0) is 0 Å². The zero-order chi connectivity index (χ0) is 13.1. The smallest absolute Gasteiger partial charge is 0.152 e. The van der Waals surface area contributed by atoms with E-state index in [1.54, 1.807) is 0 Å². The highest BCUT2D eigenvalue weighted by Crippen LogP contribution is 2.24. The van der Waals surface area contributed by atoms with E-state index in [1.165, 1.54) is 18.3 Å². The van der Waals surface area contributed by atoms with Crippen molar-refractivity contribution in [3.05, 3.63) is 53.5 Å². The number of halogens is 3. The van der Waals surface area contributed by atoms with Crippen LogP contribution in [0, 0.1) is 28.8 Å². The molecule has 6 heteroatoms. The molecule has 1 N–H and O–H groups in total. The number of aromatic nitrogens is 1. The maximum absolute atomic E-state index is 13.4. The van der Waals surface area contributed by atoms with Gasteiger partial charge in [0, 0.05) is 18.3 Å². The first-order valence-electron chi connectivity index (χ1n) is 4.88. The van der Waals surface area contributed by atoms with Gasteiger partial charge in [0.25, 0.3) is 0 Å². The summed E-state index contributed by atoms with van der Waals surface area (Å²) in [5.41, 5.74) is -0.424. The lowest BCUT2D eigenvalue weighted by Crippen LogP contribution is -2.02. The number of nitriles is 1. The third-order valence-electron chi connectivity index (χ3n) is 2.18. The molecule has 0 aliphatic carbocycles. The number of hydrogen-bond acceptors (Lipinski definition) is 3. The zero-order valence-corrected chi connectivity index (χ0v) is 8.92. The van der Waals surface area contributed by atoms with Crippen LogP contribution in [0.1, 0.15) is 5.56 Å². The molecule has 0 aliphatic heterocycles. The van der Waals surface area contributed by atoms with Crippen LogP contribution in [0.25, 0.3) is 0 Å². The summed E-state index contributed by atoms with van der Waals surface area (Å²) in [6.07, 6.45) is 1.36. The number of anilines is 2. The molecule has 0 amide bonds. The lowest BCUT2D eigenvalue weighted by Gasteiger charge is -2.09. The van der Waals surface area contributed by atoms with Crippen molar-refractivity contribution >= 4 is 11.5 Å². The largest absolute Gasteiger partial charge is 0.334 e. The Morgan fingerprint density at radius 3 is 2.44 bits per heavy atom. The summed E-state index contributed by atoms with van der Waals surface area (Å²) < 4.78 is 39.5. The van der Waals surface area contributed by atoms with Crippen molar-refractivity contribution in [1.82, 2.24) is 4.98 Å². The van der Waals surface area contributed by atoms with Crippen LogP contribution in [0.3, 0.4) is 0 Å². The molecule has 0 spiro atoms. The van der Waals surface area contributed by atoms with Gasteiger partial charge in [-0.15, -0.1) is 0 Å². The summed E-state index contributed by atoms with van der Waals surface area (Å²) in [4.78, 5) is 3.79. The molecule has 0 saturated carbocycles. The SMILES string of the molecule is N#Cc1cccnc1Nc1c(F)cc(F)cc1F. The first kappa shape index (κ1) is 11.9. The minimum absolute atomic E-state index is 0.00408. The van der Waals surface area contributed by atoms with E-state index in [4.69, 9.17) is 5.26 Å². The summed E-state index contributed by atoms with van der Waals surface area (Å²) in [5.74, 6) is -3.20. The fourth-order valence-electron chi connectivity index (χ4n) is 1.38. The minimum Gasteiger partial charge on any atom is -0.334 e. The Morgan fingerprint density at radius 1 is 1.17 bits per heavy atom. The quantitative estimate of drug-likeness (QED) is 0.889. The van der Waals surface area contributed by atoms with E-state index in [1.807, 2.05) is 6.07 Å². The second kappa shape index (κ2) is 4.75. The predicted molar refractivity (Wildman–Crippen MR) is 58.6 cm³/mol. The van der Waals surface area contributed by atoms with Gasteiger partial charge in [0.15, 0.2) is 11.6 Å². The number of benzene rings is 1. The van der Waals surface area contributed by atoms with Gasteiger partial charge in [-0.05, 0) is 12.1 Å². The Balaban J connectivity index is 2.44. The van der Waals surface area contributed by atoms with Crippen molar-refractivity contribution < 1.29 is 13.2 Å². The molecule has 1 aromatic carbocycles. The first-order chi connectivity index (χ1) is 8.61. The fraction of sp³-hybridized carbons (Fsp3) is 0. The highest BCUT2D eigenvalue weighted by Gasteiger charge is 2.13. The molecule has 0 bridgehead atoms. The van der Waals surface area contributed by atoms with Gasteiger partial charge in [-0.2, -0.15) is 5.26 Å². The number of pyridine rings is 1. The monoisotopic (exact) mass is 249 g/mol. The standard InChI is InChI=1S/C12H6F3N3/c13-8-4-9(14)11(10(15)5-8)18-12-7(6-16)2-1-3-17-12/h1-5H,(H,17,18). The molecule has 2 aromatic rings. The summed E-state index contributed by atoms with van der Waals surface area (Å²) in [6, 6.07) is 5.86. The van der Waals surface area contributed by atoms with Gasteiger partial charge in [0.05, 0.1) is 5.56 Å². The summed E-state index contributed by atoms with van der Waals surface area (Å²) in [5, 5.41) is 11.1. The molecule has 18 heavy (non-hydrogen) atoms. The van der Waals surface area contributed by atoms with Crippen molar-refractivity contribution in [1.29, 1.82) is 5.26 Å². The Hall–Kier alpha value is -2.55. The molecule has 1 heterocycles. The molecule has 0 atom stereocenters. The molecule has 90 valence electrons. The van der Waals surface area contributed by atoms with Crippen molar-refractivity contribution in [2.24, 2.45) is 0 Å². The topological polar surface area (TPSA) is 48.7 Å². The molecule has 0 radical (unpaired) electrons. The van der Waals surface area contributed by atoms with Crippen molar-refractivity contribution in [3.63, 3.8) is 0 Å². The van der Waals surface area contributed by atoms with Gasteiger partial charge in [0.2, 0.25) is 0 Å². The normalized spacial score (nSPS) is 9.89. The van der Waals surface area contributed by atoms with Crippen LogP contribution < -0.4 is 5.32 Å². The Morgan fingerprint density at radius 2 is 1.83 bits per heavy atom. The minimum atomic E-state index is -1.10. The Labute approximate surface area is 101 Å². The molecule has 1 aromatic heterocycles. The van der Waals surface area contributed by atoms with E-state index in [-0.39, 0.29) is 11.4 Å². The molecule has 0 aliphatic rings. The third kappa shape index (κ3) is 2.25. The van der Waals surface area contributed by atoms with Gasteiger partial charge in [-0.1, -0.05) is 0 Å². The van der Waals surface area contributed by atoms with Crippen molar-refractivity contribution in [2.75, 3.05) is 5.32 Å². The van der Waals surface area contributed by atoms with Gasteiger partial charge in [-0.25, -0.2) is 18.2 Å². The highest BCUT2D eigenvalue weighted by molar-refractivity contribution is 5.63. The summed E-state index contributed by atoms with van der Waals surface area (Å²) in [6.45, 7) is 0. The van der Waals surface area contributed by atoms with Crippen LogP contribution in [0.4, 0.5) is 24.7 Å². The van der Waals surface area contributed by atoms with E-state index >= 15 is 0 Å². The van der Waals surface area contributed by atoms with E-state index in [0.717, 1.165) is 0 Å². The average Bonchev–Trinajstić information content (AvgIpc) is 2.34. The van der Waals surface area contributed by atoms with Gasteiger partial charge in [-0.3, -0.25) is 0 Å². The van der Waals surface area contributed by atoms with Crippen LogP contribution in [0.2, 0.25) is 0 Å². The zero-order valence-electron chi connectivity index (χ0n) is 8.92. The van der Waals surface area contributed by atoms with Crippen LogP contribution in [-0.4, -0.2) is 4.98 Å². The second-order valence-electron chi connectivity index (χ2n) is 3.38.